The predicted molar refractivity (Wildman–Crippen MR) is 275 cm³/mol. The molecule has 0 aliphatic carbocycles. The van der Waals surface area contributed by atoms with Crippen LogP contribution in [-0.2, 0) is 15.9 Å². The van der Waals surface area contributed by atoms with Gasteiger partial charge < -0.3 is 24.3 Å². The molecule has 8 aromatic rings. The van der Waals surface area contributed by atoms with Crippen molar-refractivity contribution in [3.05, 3.63) is 263 Å². The number of ether oxygens (including phenoxy) is 1. The van der Waals surface area contributed by atoms with E-state index in [-0.39, 0.29) is 11.8 Å². The second-order valence-electron chi connectivity index (χ2n) is 17.8. The van der Waals surface area contributed by atoms with Crippen molar-refractivity contribution in [3.8, 4) is 0 Å². The third-order valence-electron chi connectivity index (χ3n) is 12.9. The predicted octanol–water partition coefficient (Wildman–Crippen LogP) is 12.8. The van der Waals surface area contributed by atoms with E-state index in [1.807, 2.05) is 0 Å². The van der Waals surface area contributed by atoms with E-state index in [0.717, 1.165) is 67.3 Å². The zero-order chi connectivity index (χ0) is 45.6. The monoisotopic (exact) mass is 854 g/mol. The number of hydrogen-bond donors (Lipinski definition) is 0. The van der Waals surface area contributed by atoms with Gasteiger partial charge in [0.1, 0.15) is 11.2 Å². The van der Waals surface area contributed by atoms with Gasteiger partial charge >= 0.3 is 0 Å². The Bertz CT molecular complexity index is 2510. The zero-order valence-electron chi connectivity index (χ0n) is 39.1. The van der Waals surface area contributed by atoms with Crippen molar-refractivity contribution in [1.29, 1.82) is 0 Å². The van der Waals surface area contributed by atoms with Crippen LogP contribution in [0.5, 0.6) is 0 Å². The number of nitrogens with zero attached hydrogens (tertiary/aromatic N) is 4. The molecule has 4 atom stereocenters. The van der Waals surface area contributed by atoms with Crippen molar-refractivity contribution in [2.75, 3.05) is 76.0 Å². The number of benzene rings is 8. The SMILES string of the molecule is CN(C)c1ccc(C(c2ccccc2)C(OC(c2ccccc2)(c2ccc(N(C)C)cc2)C(c2ccccc2)c2ccc(N(C)C)cc2)(c2ccccc2)c2ccc(N(C)C)cc2)cc1. The van der Waals surface area contributed by atoms with Gasteiger partial charge in [0, 0.05) is 91.0 Å². The number of hydrogen-bond acceptors (Lipinski definition) is 5. The van der Waals surface area contributed by atoms with Gasteiger partial charge in [-0.1, -0.05) is 170 Å². The van der Waals surface area contributed by atoms with Crippen LogP contribution in [0.4, 0.5) is 22.7 Å². The second-order valence-corrected chi connectivity index (χ2v) is 17.8. The number of rotatable bonds is 16. The van der Waals surface area contributed by atoms with E-state index in [1.165, 1.54) is 0 Å². The van der Waals surface area contributed by atoms with Crippen molar-refractivity contribution in [2.24, 2.45) is 0 Å². The first-order valence-corrected chi connectivity index (χ1v) is 22.5. The van der Waals surface area contributed by atoms with Gasteiger partial charge in [-0.3, -0.25) is 0 Å². The fourth-order valence-corrected chi connectivity index (χ4v) is 9.54. The summed E-state index contributed by atoms with van der Waals surface area (Å²) in [7, 11) is 16.8. The fraction of sp³-hybridized carbons (Fsp3) is 0.200. The summed E-state index contributed by atoms with van der Waals surface area (Å²) in [5.41, 5.74) is 10.9. The quantitative estimate of drug-likeness (QED) is 0.0963. The van der Waals surface area contributed by atoms with E-state index < -0.39 is 11.2 Å². The minimum absolute atomic E-state index is 0.343. The van der Waals surface area contributed by atoms with Crippen LogP contribution < -0.4 is 19.6 Å². The van der Waals surface area contributed by atoms with Gasteiger partial charge in [-0.2, -0.15) is 0 Å². The summed E-state index contributed by atoms with van der Waals surface area (Å²) in [4.78, 5) is 8.64. The van der Waals surface area contributed by atoms with Crippen molar-refractivity contribution in [2.45, 2.75) is 23.0 Å². The molecule has 0 saturated heterocycles. The van der Waals surface area contributed by atoms with E-state index in [1.54, 1.807) is 0 Å². The Kier molecular flexibility index (Phi) is 13.3. The Balaban J connectivity index is 1.59. The average molecular weight is 855 g/mol. The van der Waals surface area contributed by atoms with E-state index in [2.05, 4.69) is 294 Å². The second kappa shape index (κ2) is 19.3. The molecule has 0 aliphatic heterocycles. The van der Waals surface area contributed by atoms with Crippen molar-refractivity contribution in [3.63, 3.8) is 0 Å². The molecule has 0 amide bonds. The molecular formula is C60H62N4O. The maximum Gasteiger partial charge on any atom is 0.131 e. The molecule has 328 valence electrons. The van der Waals surface area contributed by atoms with Gasteiger partial charge in [-0.05, 0) is 93.0 Å². The molecule has 0 fully saturated rings. The molecule has 4 unspecified atom stereocenters. The molecule has 5 heteroatoms. The first kappa shape index (κ1) is 44.5. The van der Waals surface area contributed by atoms with Gasteiger partial charge in [0.25, 0.3) is 0 Å². The summed E-state index contributed by atoms with van der Waals surface area (Å²) < 4.78 is 9.02. The smallest absolute Gasteiger partial charge is 0.131 e. The van der Waals surface area contributed by atoms with Crippen LogP contribution in [0.1, 0.15) is 56.3 Å². The zero-order valence-corrected chi connectivity index (χ0v) is 39.1. The van der Waals surface area contributed by atoms with E-state index in [4.69, 9.17) is 4.74 Å². The van der Waals surface area contributed by atoms with Crippen LogP contribution in [0, 0.1) is 0 Å². The van der Waals surface area contributed by atoms with Crippen LogP contribution >= 0.6 is 0 Å². The van der Waals surface area contributed by atoms with Gasteiger partial charge in [-0.25, -0.2) is 0 Å². The van der Waals surface area contributed by atoms with E-state index in [0.29, 0.717) is 0 Å². The van der Waals surface area contributed by atoms with Gasteiger partial charge in [0.2, 0.25) is 0 Å². The summed E-state index contributed by atoms with van der Waals surface area (Å²) in [5.74, 6) is -0.687. The van der Waals surface area contributed by atoms with Crippen molar-refractivity contribution < 1.29 is 4.74 Å². The van der Waals surface area contributed by atoms with Gasteiger partial charge in [0.05, 0.1) is 0 Å². The van der Waals surface area contributed by atoms with Crippen LogP contribution in [0.15, 0.2) is 218 Å². The summed E-state index contributed by atoms with van der Waals surface area (Å²) in [6.45, 7) is 0. The normalized spacial score (nSPS) is 14.0. The molecule has 0 N–H and O–H groups in total. The molecule has 0 aliphatic rings. The highest BCUT2D eigenvalue weighted by atomic mass is 16.5. The molecule has 0 spiro atoms. The van der Waals surface area contributed by atoms with Gasteiger partial charge in [-0.15, -0.1) is 0 Å². The van der Waals surface area contributed by atoms with Crippen molar-refractivity contribution in [1.82, 2.24) is 0 Å². The minimum Gasteiger partial charge on any atom is -0.378 e. The highest BCUT2D eigenvalue weighted by molar-refractivity contribution is 5.59. The van der Waals surface area contributed by atoms with Crippen LogP contribution in [0.2, 0.25) is 0 Å². The lowest BCUT2D eigenvalue weighted by atomic mass is 9.65. The summed E-state index contributed by atoms with van der Waals surface area (Å²) in [6, 6.07) is 80.1. The van der Waals surface area contributed by atoms with Crippen molar-refractivity contribution >= 4 is 22.7 Å². The maximum absolute atomic E-state index is 9.02. The Morgan fingerprint density at radius 2 is 0.477 bits per heavy atom. The minimum atomic E-state index is -1.17. The largest absolute Gasteiger partial charge is 0.378 e. The maximum atomic E-state index is 9.02. The molecule has 65 heavy (non-hydrogen) atoms. The Morgan fingerprint density at radius 3 is 0.738 bits per heavy atom. The summed E-state index contributed by atoms with van der Waals surface area (Å²) in [6.07, 6.45) is 0. The summed E-state index contributed by atoms with van der Waals surface area (Å²) in [5, 5.41) is 0. The molecule has 8 rings (SSSR count). The molecule has 5 nitrogen and oxygen atoms in total. The molecule has 0 saturated carbocycles. The summed E-state index contributed by atoms with van der Waals surface area (Å²) >= 11 is 0. The molecule has 0 radical (unpaired) electrons. The third kappa shape index (κ3) is 8.90. The molecular weight excluding hydrogens is 793 g/mol. The Morgan fingerprint density at radius 1 is 0.262 bits per heavy atom. The fourth-order valence-electron chi connectivity index (χ4n) is 9.54. The third-order valence-corrected chi connectivity index (χ3v) is 12.9. The van der Waals surface area contributed by atoms with E-state index in [9.17, 15) is 0 Å². The highest BCUT2D eigenvalue weighted by Crippen LogP contribution is 2.59. The number of anilines is 4. The first-order valence-electron chi connectivity index (χ1n) is 22.5. The molecule has 8 aromatic carbocycles. The standard InChI is InChI=1S/C60H62N4O/c1-61(2)53-37-29-47(30-38-53)57(45-21-13-9-14-22-45)59(49-25-17-11-18-26-49,51-33-41-55(42-34-51)63(5)6)65-60(50-27-19-12-20-28-50,52-35-43-56(44-36-52)64(7)8)58(46-23-15-10-16-24-46)48-31-39-54(40-32-48)62(3)4/h9-44,57-58H,1-8H3. The molecule has 0 heterocycles. The lowest BCUT2D eigenvalue weighted by molar-refractivity contribution is -0.142. The first-order chi connectivity index (χ1) is 31.5. The van der Waals surface area contributed by atoms with Crippen LogP contribution in [0.25, 0.3) is 0 Å². The Hall–Kier alpha value is -7.08. The highest BCUT2D eigenvalue weighted by Gasteiger charge is 2.55. The Labute approximate surface area is 387 Å². The lowest BCUT2D eigenvalue weighted by Crippen LogP contribution is -2.50. The van der Waals surface area contributed by atoms with E-state index >= 15 is 0 Å². The average Bonchev–Trinajstić information content (AvgIpc) is 3.35. The topological polar surface area (TPSA) is 22.2 Å². The van der Waals surface area contributed by atoms with Crippen LogP contribution in [-0.4, -0.2) is 56.4 Å². The molecule has 0 bridgehead atoms. The lowest BCUT2D eigenvalue weighted by Gasteiger charge is -2.52. The van der Waals surface area contributed by atoms with Crippen LogP contribution in [0.3, 0.4) is 0 Å². The molecule has 0 aromatic heterocycles. The van der Waals surface area contributed by atoms with Gasteiger partial charge in [0.15, 0.2) is 0 Å².